The summed E-state index contributed by atoms with van der Waals surface area (Å²) in [4.78, 5) is 14.1. The molecule has 0 atom stereocenters. The van der Waals surface area contributed by atoms with Crippen molar-refractivity contribution in [1.82, 2.24) is 4.90 Å². The maximum atomic E-state index is 12.4. The lowest BCUT2D eigenvalue weighted by Crippen LogP contribution is -2.27. The van der Waals surface area contributed by atoms with E-state index in [0.717, 1.165) is 11.1 Å². The van der Waals surface area contributed by atoms with Crippen LogP contribution in [0.2, 0.25) is 0 Å². The molecule has 104 valence electrons. The standard InChI is InChI=1S/C17H20N2O/c1-12-7-9-14(10-8-12)11-19(3)17(20)15-6-4-5-13(2)16(15)18/h4-10H,11,18H2,1-3H3. The van der Waals surface area contributed by atoms with E-state index >= 15 is 0 Å². The van der Waals surface area contributed by atoms with E-state index in [2.05, 4.69) is 12.1 Å². The molecule has 0 radical (unpaired) electrons. The average Bonchev–Trinajstić information content (AvgIpc) is 2.43. The Kier molecular flexibility index (Phi) is 4.08. The smallest absolute Gasteiger partial charge is 0.255 e. The summed E-state index contributed by atoms with van der Waals surface area (Å²) in [6.07, 6.45) is 0. The fourth-order valence-electron chi connectivity index (χ4n) is 2.11. The highest BCUT2D eigenvalue weighted by molar-refractivity contribution is 5.99. The van der Waals surface area contributed by atoms with Gasteiger partial charge in [-0.25, -0.2) is 0 Å². The number of nitrogens with zero attached hydrogens (tertiary/aromatic N) is 1. The molecule has 0 saturated carbocycles. The number of benzene rings is 2. The summed E-state index contributed by atoms with van der Waals surface area (Å²) in [6, 6.07) is 13.7. The second kappa shape index (κ2) is 5.78. The molecule has 2 rings (SSSR count). The number of carbonyl (C=O) groups excluding carboxylic acids is 1. The van der Waals surface area contributed by atoms with Gasteiger partial charge in [-0.15, -0.1) is 0 Å². The summed E-state index contributed by atoms with van der Waals surface area (Å²) >= 11 is 0. The maximum Gasteiger partial charge on any atom is 0.255 e. The topological polar surface area (TPSA) is 46.3 Å². The Bertz CT molecular complexity index is 617. The van der Waals surface area contributed by atoms with Crippen LogP contribution in [0.15, 0.2) is 42.5 Å². The second-order valence-corrected chi connectivity index (χ2v) is 5.18. The molecule has 3 nitrogen and oxygen atoms in total. The minimum atomic E-state index is -0.0493. The summed E-state index contributed by atoms with van der Waals surface area (Å²) in [7, 11) is 1.80. The Morgan fingerprint density at radius 2 is 1.75 bits per heavy atom. The minimum Gasteiger partial charge on any atom is -0.398 e. The van der Waals surface area contributed by atoms with Crippen LogP contribution in [0.25, 0.3) is 0 Å². The van der Waals surface area contributed by atoms with Crippen LogP contribution >= 0.6 is 0 Å². The van der Waals surface area contributed by atoms with E-state index in [1.165, 1.54) is 5.56 Å². The number of hydrogen-bond donors (Lipinski definition) is 1. The third-order valence-electron chi connectivity index (χ3n) is 3.44. The first-order chi connectivity index (χ1) is 9.49. The van der Waals surface area contributed by atoms with Gasteiger partial charge in [0, 0.05) is 19.3 Å². The van der Waals surface area contributed by atoms with Gasteiger partial charge in [0.25, 0.3) is 5.91 Å². The quantitative estimate of drug-likeness (QED) is 0.869. The summed E-state index contributed by atoms with van der Waals surface area (Å²) in [5.74, 6) is -0.0493. The van der Waals surface area contributed by atoms with Crippen LogP contribution < -0.4 is 5.73 Å². The molecule has 0 aliphatic carbocycles. The first kappa shape index (κ1) is 14.1. The number of carbonyl (C=O) groups is 1. The fourth-order valence-corrected chi connectivity index (χ4v) is 2.11. The summed E-state index contributed by atoms with van der Waals surface area (Å²) in [5.41, 5.74) is 10.4. The number of hydrogen-bond acceptors (Lipinski definition) is 2. The first-order valence-corrected chi connectivity index (χ1v) is 6.65. The van der Waals surface area contributed by atoms with Gasteiger partial charge in [-0.3, -0.25) is 4.79 Å². The molecule has 2 aromatic rings. The van der Waals surface area contributed by atoms with E-state index in [-0.39, 0.29) is 5.91 Å². The Hall–Kier alpha value is -2.29. The molecule has 0 bridgehead atoms. The molecule has 0 unspecified atom stereocenters. The Morgan fingerprint density at radius 1 is 1.10 bits per heavy atom. The van der Waals surface area contributed by atoms with Gasteiger partial charge in [-0.1, -0.05) is 42.0 Å². The molecule has 20 heavy (non-hydrogen) atoms. The zero-order chi connectivity index (χ0) is 14.7. The van der Waals surface area contributed by atoms with Crippen molar-refractivity contribution in [3.05, 3.63) is 64.7 Å². The number of rotatable bonds is 3. The first-order valence-electron chi connectivity index (χ1n) is 6.65. The monoisotopic (exact) mass is 268 g/mol. The van der Waals surface area contributed by atoms with E-state index in [1.54, 1.807) is 18.0 Å². The van der Waals surface area contributed by atoms with Gasteiger partial charge in [0.05, 0.1) is 5.56 Å². The molecule has 2 N–H and O–H groups in total. The van der Waals surface area contributed by atoms with Gasteiger partial charge in [-0.05, 0) is 31.0 Å². The number of para-hydroxylation sites is 1. The minimum absolute atomic E-state index is 0.0493. The number of anilines is 1. The molecule has 0 aromatic heterocycles. The van der Waals surface area contributed by atoms with Crippen molar-refractivity contribution >= 4 is 11.6 Å². The SMILES string of the molecule is Cc1ccc(CN(C)C(=O)c2cccc(C)c2N)cc1. The van der Waals surface area contributed by atoms with Gasteiger partial charge in [0.15, 0.2) is 0 Å². The van der Waals surface area contributed by atoms with Gasteiger partial charge >= 0.3 is 0 Å². The van der Waals surface area contributed by atoms with Crippen LogP contribution in [0.4, 0.5) is 5.69 Å². The molecule has 0 aliphatic rings. The van der Waals surface area contributed by atoms with Gasteiger partial charge in [-0.2, -0.15) is 0 Å². The predicted octanol–water partition coefficient (Wildman–Crippen LogP) is 3.16. The molecule has 2 aromatic carbocycles. The van der Waals surface area contributed by atoms with Crippen molar-refractivity contribution in [3.8, 4) is 0 Å². The van der Waals surface area contributed by atoms with Crippen LogP contribution in [0.1, 0.15) is 27.0 Å². The van der Waals surface area contributed by atoms with Crippen LogP contribution in [-0.4, -0.2) is 17.9 Å². The predicted molar refractivity (Wildman–Crippen MR) is 82.6 cm³/mol. The largest absolute Gasteiger partial charge is 0.398 e. The molecular formula is C17H20N2O. The van der Waals surface area contributed by atoms with Crippen LogP contribution in [0, 0.1) is 13.8 Å². The molecular weight excluding hydrogens is 248 g/mol. The normalized spacial score (nSPS) is 10.3. The summed E-state index contributed by atoms with van der Waals surface area (Å²) in [5, 5.41) is 0. The van der Waals surface area contributed by atoms with E-state index in [9.17, 15) is 4.79 Å². The van der Waals surface area contributed by atoms with Crippen LogP contribution in [0.5, 0.6) is 0 Å². The van der Waals surface area contributed by atoms with Crippen LogP contribution in [0.3, 0.4) is 0 Å². The fraction of sp³-hybridized carbons (Fsp3) is 0.235. The number of nitrogen functional groups attached to an aromatic ring is 1. The lowest BCUT2D eigenvalue weighted by atomic mass is 10.1. The van der Waals surface area contributed by atoms with Crippen molar-refractivity contribution in [1.29, 1.82) is 0 Å². The molecule has 0 heterocycles. The molecule has 0 saturated heterocycles. The van der Waals surface area contributed by atoms with E-state index in [4.69, 9.17) is 5.73 Å². The number of nitrogens with two attached hydrogens (primary N) is 1. The molecule has 3 heteroatoms. The number of aryl methyl sites for hydroxylation is 2. The highest BCUT2D eigenvalue weighted by Gasteiger charge is 2.15. The van der Waals surface area contributed by atoms with E-state index < -0.39 is 0 Å². The van der Waals surface area contributed by atoms with Gasteiger partial charge in [0.1, 0.15) is 0 Å². The van der Waals surface area contributed by atoms with Crippen LogP contribution in [-0.2, 0) is 6.54 Å². The lowest BCUT2D eigenvalue weighted by molar-refractivity contribution is 0.0786. The van der Waals surface area contributed by atoms with Crippen molar-refractivity contribution in [2.45, 2.75) is 20.4 Å². The highest BCUT2D eigenvalue weighted by Crippen LogP contribution is 2.19. The van der Waals surface area contributed by atoms with Gasteiger partial charge in [0.2, 0.25) is 0 Å². The summed E-state index contributed by atoms with van der Waals surface area (Å²) in [6.45, 7) is 4.53. The maximum absolute atomic E-state index is 12.4. The Morgan fingerprint density at radius 3 is 2.40 bits per heavy atom. The lowest BCUT2D eigenvalue weighted by Gasteiger charge is -2.19. The van der Waals surface area contributed by atoms with Crippen molar-refractivity contribution in [2.24, 2.45) is 0 Å². The molecule has 0 spiro atoms. The van der Waals surface area contributed by atoms with Crippen molar-refractivity contribution in [2.75, 3.05) is 12.8 Å². The third-order valence-corrected chi connectivity index (χ3v) is 3.44. The van der Waals surface area contributed by atoms with E-state index in [1.807, 2.05) is 38.1 Å². The third kappa shape index (κ3) is 2.99. The highest BCUT2D eigenvalue weighted by atomic mass is 16.2. The number of amides is 1. The molecule has 0 fully saturated rings. The van der Waals surface area contributed by atoms with Crippen molar-refractivity contribution < 1.29 is 4.79 Å². The summed E-state index contributed by atoms with van der Waals surface area (Å²) < 4.78 is 0. The molecule has 0 aliphatic heterocycles. The zero-order valence-corrected chi connectivity index (χ0v) is 12.2. The molecule has 1 amide bonds. The van der Waals surface area contributed by atoms with Crippen molar-refractivity contribution in [3.63, 3.8) is 0 Å². The van der Waals surface area contributed by atoms with E-state index in [0.29, 0.717) is 17.8 Å². The Balaban J connectivity index is 2.16. The Labute approximate surface area is 120 Å². The second-order valence-electron chi connectivity index (χ2n) is 5.18. The van der Waals surface area contributed by atoms with Gasteiger partial charge < -0.3 is 10.6 Å². The zero-order valence-electron chi connectivity index (χ0n) is 12.2. The average molecular weight is 268 g/mol.